The number of pyridine rings is 1. The molecule has 2 aromatic rings. The van der Waals surface area contributed by atoms with Crippen molar-refractivity contribution in [3.8, 4) is 0 Å². The minimum atomic E-state index is -0.307. The third-order valence-corrected chi connectivity index (χ3v) is 3.80. The number of amides is 3. The Morgan fingerprint density at radius 2 is 1.96 bits per heavy atom. The molecule has 26 heavy (non-hydrogen) atoms. The standard InChI is InChI=1S/C19H24N4O3/c1-3-17(15-5-4-10-20-13-15)23-19(25)22-16-8-6-14(7-9-16)18(24)21-11-12-26-2/h4-10,13,17H,3,11-12H2,1-2H3,(H,21,24)(H2,22,23,25)/t17-/m0/s1. The number of carbonyl (C=O) groups excluding carboxylic acids is 2. The van der Waals surface area contributed by atoms with E-state index >= 15 is 0 Å². The summed E-state index contributed by atoms with van der Waals surface area (Å²) in [6.45, 7) is 2.90. The first-order valence-electron chi connectivity index (χ1n) is 8.48. The lowest BCUT2D eigenvalue weighted by Crippen LogP contribution is -2.32. The van der Waals surface area contributed by atoms with Gasteiger partial charge < -0.3 is 20.7 Å². The molecular formula is C19H24N4O3. The molecular weight excluding hydrogens is 332 g/mol. The molecule has 3 amide bonds. The number of hydrogen-bond acceptors (Lipinski definition) is 4. The van der Waals surface area contributed by atoms with Crippen LogP contribution in [0.5, 0.6) is 0 Å². The average molecular weight is 356 g/mol. The normalized spacial score (nSPS) is 11.5. The molecule has 1 aromatic carbocycles. The lowest BCUT2D eigenvalue weighted by molar-refractivity contribution is 0.0937. The van der Waals surface area contributed by atoms with Gasteiger partial charge in [0.25, 0.3) is 5.91 Å². The molecule has 0 unspecified atom stereocenters. The predicted molar refractivity (Wildman–Crippen MR) is 100 cm³/mol. The first-order valence-corrected chi connectivity index (χ1v) is 8.48. The van der Waals surface area contributed by atoms with Crippen molar-refractivity contribution in [1.29, 1.82) is 0 Å². The highest BCUT2D eigenvalue weighted by molar-refractivity contribution is 5.95. The van der Waals surface area contributed by atoms with E-state index in [1.807, 2.05) is 19.1 Å². The monoisotopic (exact) mass is 356 g/mol. The Hall–Kier alpha value is -2.93. The zero-order valence-electron chi connectivity index (χ0n) is 15.0. The van der Waals surface area contributed by atoms with E-state index in [0.29, 0.717) is 24.4 Å². The zero-order valence-corrected chi connectivity index (χ0v) is 15.0. The Labute approximate surface area is 153 Å². The van der Waals surface area contributed by atoms with Gasteiger partial charge in [-0.05, 0) is 42.3 Å². The fourth-order valence-corrected chi connectivity index (χ4v) is 2.40. The van der Waals surface area contributed by atoms with Crippen LogP contribution < -0.4 is 16.0 Å². The molecule has 1 atom stereocenters. The largest absolute Gasteiger partial charge is 0.383 e. The number of nitrogens with zero attached hydrogens (tertiary/aromatic N) is 1. The van der Waals surface area contributed by atoms with Gasteiger partial charge in [-0.1, -0.05) is 13.0 Å². The third kappa shape index (κ3) is 5.86. The fourth-order valence-electron chi connectivity index (χ4n) is 2.40. The number of hydrogen-bond donors (Lipinski definition) is 3. The van der Waals surface area contributed by atoms with Crippen molar-refractivity contribution in [3.05, 3.63) is 59.9 Å². The maximum atomic E-state index is 12.2. The molecule has 2 rings (SSSR count). The topological polar surface area (TPSA) is 92.4 Å². The van der Waals surface area contributed by atoms with Gasteiger partial charge in [-0.15, -0.1) is 0 Å². The third-order valence-electron chi connectivity index (χ3n) is 3.80. The molecule has 0 aliphatic carbocycles. The molecule has 7 heteroatoms. The van der Waals surface area contributed by atoms with Gasteiger partial charge in [-0.25, -0.2) is 4.79 Å². The molecule has 3 N–H and O–H groups in total. The van der Waals surface area contributed by atoms with Crippen LogP contribution in [0, 0.1) is 0 Å². The summed E-state index contributed by atoms with van der Waals surface area (Å²) < 4.78 is 4.89. The molecule has 7 nitrogen and oxygen atoms in total. The number of rotatable bonds is 8. The van der Waals surface area contributed by atoms with Crippen molar-refractivity contribution in [1.82, 2.24) is 15.6 Å². The lowest BCUT2D eigenvalue weighted by Gasteiger charge is -2.17. The highest BCUT2D eigenvalue weighted by atomic mass is 16.5. The van der Waals surface area contributed by atoms with E-state index in [-0.39, 0.29) is 18.0 Å². The van der Waals surface area contributed by atoms with Gasteiger partial charge in [0.2, 0.25) is 0 Å². The fraction of sp³-hybridized carbons (Fsp3) is 0.316. The van der Waals surface area contributed by atoms with Crippen molar-refractivity contribution in [2.24, 2.45) is 0 Å². The van der Waals surface area contributed by atoms with E-state index < -0.39 is 0 Å². The van der Waals surface area contributed by atoms with Crippen molar-refractivity contribution in [2.75, 3.05) is 25.6 Å². The van der Waals surface area contributed by atoms with E-state index in [1.165, 1.54) is 0 Å². The number of anilines is 1. The van der Waals surface area contributed by atoms with Crippen LogP contribution in [0.1, 0.15) is 35.3 Å². The second kappa shape index (κ2) is 10.1. The van der Waals surface area contributed by atoms with Gasteiger partial charge in [-0.2, -0.15) is 0 Å². The summed E-state index contributed by atoms with van der Waals surface area (Å²) in [5, 5.41) is 8.44. The molecule has 138 valence electrons. The molecule has 0 saturated heterocycles. The van der Waals surface area contributed by atoms with E-state index in [9.17, 15) is 9.59 Å². The van der Waals surface area contributed by atoms with Crippen LogP contribution >= 0.6 is 0 Å². The van der Waals surface area contributed by atoms with Crippen LogP contribution in [0.25, 0.3) is 0 Å². The Kier molecular flexibility index (Phi) is 7.57. The maximum Gasteiger partial charge on any atom is 0.319 e. The number of ether oxygens (including phenoxy) is 1. The van der Waals surface area contributed by atoms with E-state index in [1.54, 1.807) is 43.8 Å². The first-order chi connectivity index (χ1) is 12.6. The summed E-state index contributed by atoms with van der Waals surface area (Å²) in [6, 6.07) is 10.1. The Bertz CT molecular complexity index is 704. The summed E-state index contributed by atoms with van der Waals surface area (Å²) in [5.41, 5.74) is 2.08. The van der Waals surface area contributed by atoms with E-state index in [0.717, 1.165) is 12.0 Å². The summed E-state index contributed by atoms with van der Waals surface area (Å²) in [7, 11) is 1.58. The number of methoxy groups -OCH3 is 1. The molecule has 0 aliphatic rings. The summed E-state index contributed by atoms with van der Waals surface area (Å²) in [5.74, 6) is -0.180. The smallest absolute Gasteiger partial charge is 0.319 e. The molecule has 1 aromatic heterocycles. The van der Waals surface area contributed by atoms with Gasteiger partial charge in [0.15, 0.2) is 0 Å². The summed E-state index contributed by atoms with van der Waals surface area (Å²) in [6.07, 6.45) is 4.19. The van der Waals surface area contributed by atoms with Crippen molar-refractivity contribution < 1.29 is 14.3 Å². The number of urea groups is 1. The lowest BCUT2D eigenvalue weighted by atomic mass is 10.1. The molecule has 0 aliphatic heterocycles. The van der Waals surface area contributed by atoms with Crippen LogP contribution in [-0.2, 0) is 4.74 Å². The minimum absolute atomic E-state index is 0.116. The number of carbonyl (C=O) groups is 2. The van der Waals surface area contributed by atoms with E-state index in [2.05, 4.69) is 20.9 Å². The average Bonchev–Trinajstić information content (AvgIpc) is 2.67. The highest BCUT2D eigenvalue weighted by Crippen LogP contribution is 2.15. The van der Waals surface area contributed by atoms with Crippen molar-refractivity contribution >= 4 is 17.6 Å². The second-order valence-corrected chi connectivity index (χ2v) is 5.67. The minimum Gasteiger partial charge on any atom is -0.383 e. The number of nitrogens with one attached hydrogen (secondary N) is 3. The van der Waals surface area contributed by atoms with Crippen LogP contribution in [0.4, 0.5) is 10.5 Å². The molecule has 0 spiro atoms. The first kappa shape index (κ1) is 19.4. The quantitative estimate of drug-likeness (QED) is 0.634. The SMILES string of the molecule is CC[C@H](NC(=O)Nc1ccc(C(=O)NCCOC)cc1)c1cccnc1. The van der Waals surface area contributed by atoms with Gasteiger partial charge in [0.1, 0.15) is 0 Å². The Morgan fingerprint density at radius 3 is 2.58 bits per heavy atom. The van der Waals surface area contributed by atoms with Gasteiger partial charge in [0.05, 0.1) is 12.6 Å². The van der Waals surface area contributed by atoms with Crippen molar-refractivity contribution in [3.63, 3.8) is 0 Å². The molecule has 0 bridgehead atoms. The second-order valence-electron chi connectivity index (χ2n) is 5.67. The van der Waals surface area contributed by atoms with E-state index in [4.69, 9.17) is 4.74 Å². The van der Waals surface area contributed by atoms with Gasteiger partial charge >= 0.3 is 6.03 Å². The predicted octanol–water partition coefficient (Wildman–Crippen LogP) is 2.73. The highest BCUT2D eigenvalue weighted by Gasteiger charge is 2.13. The van der Waals surface area contributed by atoms with Crippen LogP contribution in [0.2, 0.25) is 0 Å². The van der Waals surface area contributed by atoms with Crippen molar-refractivity contribution in [2.45, 2.75) is 19.4 Å². The summed E-state index contributed by atoms with van der Waals surface area (Å²) in [4.78, 5) is 28.2. The van der Waals surface area contributed by atoms with Gasteiger partial charge in [0, 0.05) is 37.3 Å². The van der Waals surface area contributed by atoms with Crippen LogP contribution in [0.15, 0.2) is 48.8 Å². The molecule has 0 saturated carbocycles. The number of benzene rings is 1. The van der Waals surface area contributed by atoms with Gasteiger partial charge in [-0.3, -0.25) is 9.78 Å². The van der Waals surface area contributed by atoms with Crippen LogP contribution in [-0.4, -0.2) is 37.2 Å². The Balaban J connectivity index is 1.89. The zero-order chi connectivity index (χ0) is 18.8. The molecule has 0 radical (unpaired) electrons. The summed E-state index contributed by atoms with van der Waals surface area (Å²) >= 11 is 0. The molecule has 1 heterocycles. The number of aromatic nitrogens is 1. The molecule has 0 fully saturated rings. The Morgan fingerprint density at radius 1 is 1.19 bits per heavy atom. The van der Waals surface area contributed by atoms with Crippen LogP contribution in [0.3, 0.4) is 0 Å². The maximum absolute atomic E-state index is 12.2.